The summed E-state index contributed by atoms with van der Waals surface area (Å²) in [4.78, 5) is 10.7. The van der Waals surface area contributed by atoms with Crippen molar-refractivity contribution in [3.05, 3.63) is 0 Å². The molecular formula is C7H13NO2S. The third-order valence-corrected chi connectivity index (χ3v) is 3.86. The van der Waals surface area contributed by atoms with Gasteiger partial charge >= 0.3 is 0 Å². The molecule has 0 bridgehead atoms. The van der Waals surface area contributed by atoms with Crippen LogP contribution in [0.25, 0.3) is 0 Å². The Kier molecular flexibility index (Phi) is 2.78. The molecule has 0 spiro atoms. The zero-order chi connectivity index (χ0) is 8.43. The first kappa shape index (κ1) is 8.87. The number of primary amides is 1. The summed E-state index contributed by atoms with van der Waals surface area (Å²) in [5.41, 5.74) is 5.14. The third kappa shape index (κ3) is 2.10. The van der Waals surface area contributed by atoms with Crippen LogP contribution in [0.2, 0.25) is 0 Å². The van der Waals surface area contributed by atoms with Crippen LogP contribution in [0.15, 0.2) is 0 Å². The highest BCUT2D eigenvalue weighted by Gasteiger charge is 2.31. The van der Waals surface area contributed by atoms with Crippen molar-refractivity contribution in [3.63, 3.8) is 0 Å². The van der Waals surface area contributed by atoms with Gasteiger partial charge in [-0.1, -0.05) is 11.2 Å². The zero-order valence-electron chi connectivity index (χ0n) is 6.58. The summed E-state index contributed by atoms with van der Waals surface area (Å²) < 4.78 is 11.1. The summed E-state index contributed by atoms with van der Waals surface area (Å²) in [6.07, 6.45) is 1.40. The first-order valence-corrected chi connectivity index (χ1v) is 5.16. The van der Waals surface area contributed by atoms with E-state index in [9.17, 15) is 9.35 Å². The fourth-order valence-electron chi connectivity index (χ4n) is 1.34. The molecule has 0 aromatic rings. The van der Waals surface area contributed by atoms with E-state index in [4.69, 9.17) is 5.73 Å². The Morgan fingerprint density at radius 2 is 2.36 bits per heavy atom. The molecule has 3 nitrogen and oxygen atoms in total. The van der Waals surface area contributed by atoms with Crippen LogP contribution in [0.5, 0.6) is 0 Å². The molecule has 1 heterocycles. The normalized spacial score (nSPS) is 38.5. The molecule has 0 aromatic heterocycles. The average Bonchev–Trinajstić information content (AvgIpc) is 1.94. The molecule has 4 heteroatoms. The van der Waals surface area contributed by atoms with Crippen LogP contribution in [0.4, 0.5) is 0 Å². The van der Waals surface area contributed by atoms with Gasteiger partial charge in [0.05, 0.1) is 0 Å². The van der Waals surface area contributed by atoms with Gasteiger partial charge in [-0.05, 0) is 6.92 Å². The summed E-state index contributed by atoms with van der Waals surface area (Å²) in [7, 11) is 0. The number of hydrogen-bond donors (Lipinski definition) is 1. The molecule has 1 rings (SSSR count). The lowest BCUT2D eigenvalue weighted by molar-refractivity contribution is -0.122. The SMILES string of the molecule is CC1CC(C(N)=O)CC[S+]1[O-]. The maximum absolute atomic E-state index is 11.1. The standard InChI is InChI=1S/C7H13NO2S/c1-5-4-6(7(8)9)2-3-11(5)10/h5-6H,2-4H2,1H3,(H2,8,9). The maximum Gasteiger partial charge on any atom is 0.220 e. The molecule has 64 valence electrons. The number of carbonyl (C=O) groups is 1. The summed E-state index contributed by atoms with van der Waals surface area (Å²) in [5, 5.41) is 0.140. The van der Waals surface area contributed by atoms with Crippen molar-refractivity contribution < 1.29 is 9.35 Å². The number of nitrogens with two attached hydrogens (primary N) is 1. The predicted molar refractivity (Wildman–Crippen MR) is 44.4 cm³/mol. The Hall–Kier alpha value is -0.220. The lowest BCUT2D eigenvalue weighted by Crippen LogP contribution is -2.36. The van der Waals surface area contributed by atoms with Gasteiger partial charge in [-0.15, -0.1) is 0 Å². The van der Waals surface area contributed by atoms with Gasteiger partial charge < -0.3 is 10.3 Å². The van der Waals surface area contributed by atoms with Crippen LogP contribution < -0.4 is 5.73 Å². The Bertz CT molecular complexity index is 163. The minimum atomic E-state index is -0.730. The topological polar surface area (TPSA) is 66.2 Å². The highest BCUT2D eigenvalue weighted by molar-refractivity contribution is 7.92. The van der Waals surface area contributed by atoms with Gasteiger partial charge in [-0.25, -0.2) is 0 Å². The molecule has 1 aliphatic heterocycles. The van der Waals surface area contributed by atoms with Crippen LogP contribution in [0, 0.1) is 5.92 Å². The predicted octanol–water partition coefficient (Wildman–Crippen LogP) is 0.0189. The lowest BCUT2D eigenvalue weighted by atomic mass is 9.99. The van der Waals surface area contributed by atoms with E-state index in [2.05, 4.69) is 0 Å². The van der Waals surface area contributed by atoms with E-state index in [1.807, 2.05) is 6.92 Å². The van der Waals surface area contributed by atoms with E-state index in [-0.39, 0.29) is 17.1 Å². The molecular weight excluding hydrogens is 162 g/mol. The third-order valence-electron chi connectivity index (χ3n) is 2.14. The first-order chi connectivity index (χ1) is 5.11. The van der Waals surface area contributed by atoms with Crippen LogP contribution >= 0.6 is 0 Å². The molecule has 11 heavy (non-hydrogen) atoms. The Morgan fingerprint density at radius 3 is 2.82 bits per heavy atom. The lowest BCUT2D eigenvalue weighted by Gasteiger charge is -2.27. The number of hydrogen-bond acceptors (Lipinski definition) is 2. The van der Waals surface area contributed by atoms with Crippen molar-refractivity contribution in [1.29, 1.82) is 0 Å². The van der Waals surface area contributed by atoms with E-state index < -0.39 is 11.2 Å². The summed E-state index contributed by atoms with van der Waals surface area (Å²) in [6.45, 7) is 1.91. The minimum Gasteiger partial charge on any atom is -0.616 e. The van der Waals surface area contributed by atoms with Crippen LogP contribution in [0.3, 0.4) is 0 Å². The monoisotopic (exact) mass is 175 g/mol. The van der Waals surface area contributed by atoms with Crippen molar-refractivity contribution in [1.82, 2.24) is 0 Å². The molecule has 1 saturated heterocycles. The molecule has 3 unspecified atom stereocenters. The molecule has 0 saturated carbocycles. The van der Waals surface area contributed by atoms with Crippen molar-refractivity contribution in [2.45, 2.75) is 25.0 Å². The first-order valence-electron chi connectivity index (χ1n) is 3.77. The van der Waals surface area contributed by atoms with E-state index in [1.54, 1.807) is 0 Å². The molecule has 0 aliphatic carbocycles. The fraction of sp³-hybridized carbons (Fsp3) is 0.857. The quantitative estimate of drug-likeness (QED) is 0.571. The number of rotatable bonds is 1. The Labute approximate surface area is 69.5 Å². The van der Waals surface area contributed by atoms with Crippen molar-refractivity contribution in [2.24, 2.45) is 11.7 Å². The second-order valence-corrected chi connectivity index (χ2v) is 4.99. The van der Waals surface area contributed by atoms with Crippen LogP contribution in [0.1, 0.15) is 19.8 Å². The second kappa shape index (κ2) is 3.45. The molecule has 0 aromatic carbocycles. The van der Waals surface area contributed by atoms with Gasteiger partial charge in [0, 0.05) is 18.8 Å². The van der Waals surface area contributed by atoms with Gasteiger partial charge in [0.1, 0.15) is 11.0 Å². The summed E-state index contributed by atoms with van der Waals surface area (Å²) >= 11 is -0.730. The Morgan fingerprint density at radius 1 is 1.73 bits per heavy atom. The van der Waals surface area contributed by atoms with Gasteiger partial charge in [-0.2, -0.15) is 0 Å². The van der Waals surface area contributed by atoms with Gasteiger partial charge in [0.2, 0.25) is 5.91 Å². The molecule has 1 fully saturated rings. The molecule has 3 atom stereocenters. The fourth-order valence-corrected chi connectivity index (χ4v) is 2.71. The van der Waals surface area contributed by atoms with Gasteiger partial charge in [0.25, 0.3) is 0 Å². The molecule has 1 amide bonds. The highest BCUT2D eigenvalue weighted by atomic mass is 32.2. The number of carbonyl (C=O) groups excluding carboxylic acids is 1. The summed E-state index contributed by atoms with van der Waals surface area (Å²) in [5.74, 6) is 0.352. The smallest absolute Gasteiger partial charge is 0.220 e. The molecule has 0 radical (unpaired) electrons. The maximum atomic E-state index is 11.1. The minimum absolute atomic E-state index is 0.0392. The van der Waals surface area contributed by atoms with E-state index in [0.717, 1.165) is 0 Å². The number of amides is 1. The average molecular weight is 175 g/mol. The summed E-state index contributed by atoms with van der Waals surface area (Å²) in [6, 6.07) is 0. The van der Waals surface area contributed by atoms with Gasteiger partial charge in [0.15, 0.2) is 0 Å². The van der Waals surface area contributed by atoms with E-state index >= 15 is 0 Å². The zero-order valence-corrected chi connectivity index (χ0v) is 7.39. The van der Waals surface area contributed by atoms with E-state index in [0.29, 0.717) is 18.6 Å². The highest BCUT2D eigenvalue weighted by Crippen LogP contribution is 2.24. The van der Waals surface area contributed by atoms with E-state index in [1.165, 1.54) is 0 Å². The van der Waals surface area contributed by atoms with Crippen LogP contribution in [-0.2, 0) is 16.0 Å². The largest absolute Gasteiger partial charge is 0.616 e. The Balaban J connectivity index is 2.46. The molecule has 1 aliphatic rings. The van der Waals surface area contributed by atoms with Crippen LogP contribution in [-0.4, -0.2) is 21.5 Å². The van der Waals surface area contributed by atoms with Gasteiger partial charge in [-0.3, -0.25) is 4.79 Å². The molecule has 2 N–H and O–H groups in total. The van der Waals surface area contributed by atoms with Crippen molar-refractivity contribution >= 4 is 17.1 Å². The van der Waals surface area contributed by atoms with Crippen molar-refractivity contribution in [2.75, 3.05) is 5.75 Å². The van der Waals surface area contributed by atoms with Crippen molar-refractivity contribution in [3.8, 4) is 0 Å². The second-order valence-electron chi connectivity index (χ2n) is 3.02.